The number of hydrogen-bond acceptors (Lipinski definition) is 7. The number of benzene rings is 2. The fourth-order valence-corrected chi connectivity index (χ4v) is 4.07. The number of aromatic nitrogens is 1. The Balaban J connectivity index is 1.92. The van der Waals surface area contributed by atoms with Gasteiger partial charge in [0.1, 0.15) is 22.2 Å². The lowest BCUT2D eigenvalue weighted by Crippen LogP contribution is -2.23. The molecule has 0 saturated carbocycles. The molecular formula is C23H26N4O5S. The fourth-order valence-electron chi connectivity index (χ4n) is 3.02. The van der Waals surface area contributed by atoms with Gasteiger partial charge in [-0.15, -0.1) is 0 Å². The third kappa shape index (κ3) is 5.41. The Morgan fingerprint density at radius 2 is 1.82 bits per heavy atom. The zero-order valence-corrected chi connectivity index (χ0v) is 19.6. The number of pyridine rings is 1. The predicted molar refractivity (Wildman–Crippen MR) is 127 cm³/mol. The van der Waals surface area contributed by atoms with E-state index in [4.69, 9.17) is 9.47 Å². The van der Waals surface area contributed by atoms with E-state index in [0.717, 1.165) is 4.31 Å². The van der Waals surface area contributed by atoms with Gasteiger partial charge in [-0.25, -0.2) is 17.7 Å². The van der Waals surface area contributed by atoms with Crippen molar-refractivity contribution >= 4 is 33.1 Å². The summed E-state index contributed by atoms with van der Waals surface area (Å²) in [5, 5.41) is 5.86. The van der Waals surface area contributed by atoms with Crippen LogP contribution in [0, 0.1) is 0 Å². The van der Waals surface area contributed by atoms with E-state index in [2.05, 4.69) is 15.6 Å². The molecule has 1 aromatic heterocycles. The molecule has 2 N–H and O–H groups in total. The zero-order chi connectivity index (χ0) is 24.0. The van der Waals surface area contributed by atoms with Gasteiger partial charge in [0, 0.05) is 26.0 Å². The Labute approximate surface area is 193 Å². The van der Waals surface area contributed by atoms with Crippen LogP contribution in [-0.2, 0) is 10.0 Å². The van der Waals surface area contributed by atoms with Gasteiger partial charge in [-0.2, -0.15) is 0 Å². The molecule has 174 valence electrons. The van der Waals surface area contributed by atoms with Gasteiger partial charge in [-0.3, -0.25) is 4.79 Å². The summed E-state index contributed by atoms with van der Waals surface area (Å²) in [6, 6.07) is 15.0. The average molecular weight is 471 g/mol. The molecule has 2 aromatic carbocycles. The van der Waals surface area contributed by atoms with Crippen molar-refractivity contribution < 1.29 is 22.7 Å². The zero-order valence-electron chi connectivity index (χ0n) is 18.8. The molecule has 0 atom stereocenters. The van der Waals surface area contributed by atoms with Crippen LogP contribution in [0.4, 0.5) is 17.2 Å². The number of anilines is 3. The molecule has 1 heterocycles. The Morgan fingerprint density at radius 3 is 2.52 bits per heavy atom. The summed E-state index contributed by atoms with van der Waals surface area (Å²) in [6.45, 7) is 2.07. The van der Waals surface area contributed by atoms with Gasteiger partial charge in [0.05, 0.1) is 25.0 Å². The molecule has 10 heteroatoms. The molecule has 0 aliphatic rings. The Morgan fingerprint density at radius 1 is 1.06 bits per heavy atom. The summed E-state index contributed by atoms with van der Waals surface area (Å²) in [4.78, 5) is 17.3. The lowest BCUT2D eigenvalue weighted by Gasteiger charge is -2.17. The van der Waals surface area contributed by atoms with E-state index in [9.17, 15) is 13.2 Å². The molecule has 0 bridgehead atoms. The van der Waals surface area contributed by atoms with Gasteiger partial charge in [0.25, 0.3) is 5.91 Å². The van der Waals surface area contributed by atoms with E-state index in [0.29, 0.717) is 29.5 Å². The molecule has 0 saturated heterocycles. The summed E-state index contributed by atoms with van der Waals surface area (Å²) < 4.78 is 37.4. The minimum absolute atomic E-state index is 0.0364. The first-order valence-corrected chi connectivity index (χ1v) is 11.6. The summed E-state index contributed by atoms with van der Waals surface area (Å²) >= 11 is 0. The number of nitrogens with zero attached hydrogens (tertiary/aromatic N) is 2. The van der Waals surface area contributed by atoms with Gasteiger partial charge in [0.15, 0.2) is 0 Å². The maximum absolute atomic E-state index is 13.1. The van der Waals surface area contributed by atoms with Crippen LogP contribution in [0.25, 0.3) is 0 Å². The SMILES string of the molecule is CCOc1ccc(NC(=O)c2cccnc2Nc2ccccc2OC)cc1S(=O)(=O)N(C)C. The van der Waals surface area contributed by atoms with Crippen LogP contribution in [-0.4, -0.2) is 51.4 Å². The van der Waals surface area contributed by atoms with Gasteiger partial charge >= 0.3 is 0 Å². The van der Waals surface area contributed by atoms with Crippen molar-refractivity contribution in [1.82, 2.24) is 9.29 Å². The molecule has 0 spiro atoms. The largest absolute Gasteiger partial charge is 0.495 e. The first-order chi connectivity index (χ1) is 15.8. The second kappa shape index (κ2) is 10.3. The number of hydrogen-bond donors (Lipinski definition) is 2. The quantitative estimate of drug-likeness (QED) is 0.490. The van der Waals surface area contributed by atoms with Crippen LogP contribution < -0.4 is 20.1 Å². The first kappa shape index (κ1) is 24.0. The molecule has 0 fully saturated rings. The second-order valence-corrected chi connectivity index (χ2v) is 9.18. The molecule has 0 aliphatic heterocycles. The number of methoxy groups -OCH3 is 1. The molecular weight excluding hydrogens is 444 g/mol. The molecule has 9 nitrogen and oxygen atoms in total. The number of carbonyl (C=O) groups is 1. The molecule has 1 amide bonds. The number of carbonyl (C=O) groups excluding carboxylic acids is 1. The fraction of sp³-hybridized carbons (Fsp3) is 0.217. The third-order valence-corrected chi connectivity index (χ3v) is 6.51. The Bertz CT molecular complexity index is 1250. The number of nitrogens with one attached hydrogen (secondary N) is 2. The van der Waals surface area contributed by atoms with E-state index in [-0.39, 0.29) is 16.2 Å². The van der Waals surface area contributed by atoms with E-state index in [1.807, 2.05) is 12.1 Å². The van der Waals surface area contributed by atoms with Crippen LogP contribution in [0.1, 0.15) is 17.3 Å². The highest BCUT2D eigenvalue weighted by Crippen LogP contribution is 2.31. The molecule has 3 aromatic rings. The van der Waals surface area contributed by atoms with Crippen LogP contribution in [0.5, 0.6) is 11.5 Å². The predicted octanol–water partition coefficient (Wildman–Crippen LogP) is 3.74. The van der Waals surface area contributed by atoms with Gasteiger partial charge in [-0.05, 0) is 49.4 Å². The topological polar surface area (TPSA) is 110 Å². The lowest BCUT2D eigenvalue weighted by molar-refractivity contribution is 0.102. The van der Waals surface area contributed by atoms with Crippen molar-refractivity contribution in [2.24, 2.45) is 0 Å². The van der Waals surface area contributed by atoms with Crippen LogP contribution in [0.15, 0.2) is 65.7 Å². The minimum atomic E-state index is -3.79. The summed E-state index contributed by atoms with van der Waals surface area (Å²) in [7, 11) is 0.627. The Hall–Kier alpha value is -3.63. The summed E-state index contributed by atoms with van der Waals surface area (Å²) in [5.41, 5.74) is 1.22. The van der Waals surface area contributed by atoms with E-state index < -0.39 is 15.9 Å². The summed E-state index contributed by atoms with van der Waals surface area (Å²) in [6.07, 6.45) is 1.56. The van der Waals surface area contributed by atoms with Crippen LogP contribution in [0.2, 0.25) is 0 Å². The van der Waals surface area contributed by atoms with Crippen molar-refractivity contribution in [3.05, 3.63) is 66.4 Å². The molecule has 33 heavy (non-hydrogen) atoms. The van der Waals surface area contributed by atoms with E-state index in [1.54, 1.807) is 50.6 Å². The number of para-hydroxylation sites is 2. The number of sulfonamides is 1. The van der Waals surface area contributed by atoms with Gasteiger partial charge in [0.2, 0.25) is 10.0 Å². The highest BCUT2D eigenvalue weighted by molar-refractivity contribution is 7.89. The molecule has 3 rings (SSSR count). The molecule has 0 aliphatic carbocycles. The normalized spacial score (nSPS) is 11.2. The Kier molecular flexibility index (Phi) is 7.52. The highest BCUT2D eigenvalue weighted by Gasteiger charge is 2.24. The van der Waals surface area contributed by atoms with Gasteiger partial charge < -0.3 is 20.1 Å². The standard InChI is InChI=1S/C23H26N4O5S/c1-5-32-20-13-12-16(15-21(20)33(29,30)27(2)3)25-23(28)17-9-8-14-24-22(17)26-18-10-6-7-11-19(18)31-4/h6-15H,5H2,1-4H3,(H,24,26)(H,25,28). The van der Waals surface area contributed by atoms with Crippen molar-refractivity contribution in [1.29, 1.82) is 0 Å². The number of amides is 1. The molecule has 0 unspecified atom stereocenters. The van der Waals surface area contributed by atoms with Crippen LogP contribution >= 0.6 is 0 Å². The summed E-state index contributed by atoms with van der Waals surface area (Å²) in [5.74, 6) is 0.674. The smallest absolute Gasteiger partial charge is 0.259 e. The van der Waals surface area contributed by atoms with Crippen LogP contribution in [0.3, 0.4) is 0 Å². The van der Waals surface area contributed by atoms with Crippen molar-refractivity contribution in [3.8, 4) is 11.5 Å². The van der Waals surface area contributed by atoms with Crippen molar-refractivity contribution in [2.45, 2.75) is 11.8 Å². The van der Waals surface area contributed by atoms with Crippen molar-refractivity contribution in [2.75, 3.05) is 38.4 Å². The molecule has 0 radical (unpaired) electrons. The van der Waals surface area contributed by atoms with Gasteiger partial charge in [-0.1, -0.05) is 12.1 Å². The maximum Gasteiger partial charge on any atom is 0.259 e. The van der Waals surface area contributed by atoms with Crippen molar-refractivity contribution in [3.63, 3.8) is 0 Å². The third-order valence-electron chi connectivity index (χ3n) is 4.67. The monoisotopic (exact) mass is 470 g/mol. The van der Waals surface area contributed by atoms with E-state index >= 15 is 0 Å². The average Bonchev–Trinajstić information content (AvgIpc) is 2.80. The maximum atomic E-state index is 13.1. The van der Waals surface area contributed by atoms with E-state index in [1.165, 1.54) is 26.2 Å². The number of ether oxygens (including phenoxy) is 2. The first-order valence-electron chi connectivity index (χ1n) is 10.1. The second-order valence-electron chi connectivity index (χ2n) is 7.06. The minimum Gasteiger partial charge on any atom is -0.495 e. The highest BCUT2D eigenvalue weighted by atomic mass is 32.2. The lowest BCUT2D eigenvalue weighted by atomic mass is 10.2. The number of rotatable bonds is 9.